The van der Waals surface area contributed by atoms with Gasteiger partial charge in [-0.25, -0.2) is 13.4 Å². The first-order valence-electron chi connectivity index (χ1n) is 8.11. The molecule has 0 radical (unpaired) electrons. The lowest BCUT2D eigenvalue weighted by Crippen LogP contribution is -2.43. The number of piperidine rings is 1. The van der Waals surface area contributed by atoms with Crippen molar-refractivity contribution in [1.29, 1.82) is 0 Å². The lowest BCUT2D eigenvalue weighted by molar-refractivity contribution is -0.130. The molecule has 1 aromatic heterocycles. The Morgan fingerprint density at radius 3 is 2.87 bits per heavy atom. The Hall–Kier alpha value is -1.41. The highest BCUT2D eigenvalue weighted by Gasteiger charge is 2.30. The molecule has 2 aliphatic heterocycles. The Morgan fingerprint density at radius 2 is 2.17 bits per heavy atom. The minimum atomic E-state index is -3.42. The highest BCUT2D eigenvalue weighted by atomic mass is 32.2. The molecule has 0 aromatic carbocycles. The molecule has 2 fully saturated rings. The summed E-state index contributed by atoms with van der Waals surface area (Å²) < 4.78 is 31.8. The number of hydrogen-bond donors (Lipinski definition) is 0. The quantitative estimate of drug-likeness (QED) is 0.785. The number of sulfone groups is 1. The van der Waals surface area contributed by atoms with E-state index in [2.05, 4.69) is 4.98 Å². The Kier molecular flexibility index (Phi) is 5.01. The largest absolute Gasteiger partial charge is 0.377 e. The van der Waals surface area contributed by atoms with E-state index in [4.69, 9.17) is 4.74 Å². The molecular formula is C15H23N3O4S. The summed E-state index contributed by atoms with van der Waals surface area (Å²) in [6.07, 6.45) is 8.61. The summed E-state index contributed by atoms with van der Waals surface area (Å²) in [6, 6.07) is 0.177. The van der Waals surface area contributed by atoms with Crippen molar-refractivity contribution in [3.63, 3.8) is 0 Å². The lowest BCUT2D eigenvalue weighted by atomic mass is 10.1. The van der Waals surface area contributed by atoms with Gasteiger partial charge >= 0.3 is 0 Å². The number of carbonyl (C=O) groups is 1. The van der Waals surface area contributed by atoms with Crippen LogP contribution in [0.25, 0.3) is 0 Å². The smallest absolute Gasteiger partial charge is 0.237 e. The highest BCUT2D eigenvalue weighted by molar-refractivity contribution is 7.92. The average molecular weight is 341 g/mol. The number of hydrogen-bond acceptors (Lipinski definition) is 5. The molecule has 23 heavy (non-hydrogen) atoms. The van der Waals surface area contributed by atoms with Crippen molar-refractivity contribution in [2.24, 2.45) is 0 Å². The predicted molar refractivity (Wildman–Crippen MR) is 84.7 cm³/mol. The third kappa shape index (κ3) is 4.32. The maximum atomic E-state index is 12.4. The number of likely N-dealkylation sites (tertiary alicyclic amines) is 1. The molecule has 2 saturated heterocycles. The van der Waals surface area contributed by atoms with Crippen LogP contribution in [0.4, 0.5) is 0 Å². The van der Waals surface area contributed by atoms with Gasteiger partial charge in [0.1, 0.15) is 5.75 Å². The first-order chi connectivity index (χ1) is 11.0. The Balaban J connectivity index is 1.56. The van der Waals surface area contributed by atoms with Gasteiger partial charge in [0, 0.05) is 32.1 Å². The van der Waals surface area contributed by atoms with Crippen molar-refractivity contribution in [1.82, 2.24) is 14.5 Å². The minimum absolute atomic E-state index is 0.0441. The zero-order valence-corrected chi connectivity index (χ0v) is 14.0. The maximum absolute atomic E-state index is 12.4. The fourth-order valence-corrected chi connectivity index (χ4v) is 4.81. The molecule has 3 heterocycles. The van der Waals surface area contributed by atoms with Gasteiger partial charge in [-0.1, -0.05) is 0 Å². The summed E-state index contributed by atoms with van der Waals surface area (Å²) in [7, 11) is -3.42. The number of rotatable bonds is 5. The second-order valence-electron chi connectivity index (χ2n) is 6.34. The van der Waals surface area contributed by atoms with Crippen molar-refractivity contribution in [3.05, 3.63) is 18.7 Å². The first kappa shape index (κ1) is 16.4. The van der Waals surface area contributed by atoms with Gasteiger partial charge in [-0.15, -0.1) is 0 Å². The highest BCUT2D eigenvalue weighted by Crippen LogP contribution is 2.22. The van der Waals surface area contributed by atoms with Gasteiger partial charge < -0.3 is 14.2 Å². The molecule has 0 spiro atoms. The third-order valence-electron chi connectivity index (χ3n) is 4.50. The third-order valence-corrected chi connectivity index (χ3v) is 6.07. The van der Waals surface area contributed by atoms with Gasteiger partial charge in [-0.05, 0) is 25.7 Å². The second kappa shape index (κ2) is 7.00. The molecule has 1 amide bonds. The average Bonchev–Trinajstić information content (AvgIpc) is 3.19. The zero-order chi connectivity index (χ0) is 16.3. The van der Waals surface area contributed by atoms with Crippen LogP contribution < -0.4 is 0 Å². The number of aromatic nitrogens is 2. The topological polar surface area (TPSA) is 81.5 Å². The Morgan fingerprint density at radius 1 is 1.30 bits per heavy atom. The number of amides is 1. The minimum Gasteiger partial charge on any atom is -0.377 e. The summed E-state index contributed by atoms with van der Waals surface area (Å²) in [5, 5.41) is 0. The molecule has 1 aromatic rings. The van der Waals surface area contributed by atoms with E-state index < -0.39 is 15.6 Å². The molecule has 3 rings (SSSR count). The predicted octanol–water partition coefficient (Wildman–Crippen LogP) is 0.640. The first-order valence-corrected chi connectivity index (χ1v) is 9.93. The van der Waals surface area contributed by atoms with Gasteiger partial charge in [0.25, 0.3) is 0 Å². The summed E-state index contributed by atoms with van der Waals surface area (Å²) in [5.74, 6) is -0.756. The van der Waals surface area contributed by atoms with E-state index >= 15 is 0 Å². The fourth-order valence-electron chi connectivity index (χ4n) is 3.31. The van der Waals surface area contributed by atoms with Crippen molar-refractivity contribution in [2.45, 2.75) is 37.8 Å². The Bertz CT molecular complexity index is 623. The molecule has 0 N–H and O–H groups in total. The molecule has 7 nitrogen and oxygen atoms in total. The molecule has 0 saturated carbocycles. The maximum Gasteiger partial charge on any atom is 0.237 e. The van der Waals surface area contributed by atoms with Crippen LogP contribution in [0.1, 0.15) is 31.7 Å². The van der Waals surface area contributed by atoms with Crippen LogP contribution in [0, 0.1) is 0 Å². The molecular weight excluding hydrogens is 318 g/mol. The van der Waals surface area contributed by atoms with Gasteiger partial charge in [-0.3, -0.25) is 4.79 Å². The van der Waals surface area contributed by atoms with E-state index in [1.54, 1.807) is 17.4 Å². The number of imidazole rings is 1. The van der Waals surface area contributed by atoms with Crippen LogP contribution in [0.15, 0.2) is 18.7 Å². The Labute approximate surface area is 136 Å². The molecule has 0 aliphatic carbocycles. The van der Waals surface area contributed by atoms with Crippen LogP contribution in [0.2, 0.25) is 0 Å². The SMILES string of the molecule is O=C(CS(=O)(=O)C[C@@H]1CCCO1)N1CCC[C@@H](n2ccnc2)C1. The van der Waals surface area contributed by atoms with Crippen LogP contribution in [0.5, 0.6) is 0 Å². The van der Waals surface area contributed by atoms with Crippen molar-refractivity contribution < 1.29 is 17.9 Å². The summed E-state index contributed by atoms with van der Waals surface area (Å²) in [4.78, 5) is 18.1. The molecule has 0 bridgehead atoms. The van der Waals surface area contributed by atoms with E-state index in [0.29, 0.717) is 19.7 Å². The number of ether oxygens (including phenoxy) is 1. The van der Waals surface area contributed by atoms with Gasteiger partial charge in [0.05, 0.1) is 24.2 Å². The van der Waals surface area contributed by atoms with Crippen molar-refractivity contribution in [3.8, 4) is 0 Å². The van der Waals surface area contributed by atoms with E-state index in [9.17, 15) is 13.2 Å². The van der Waals surface area contributed by atoms with Gasteiger partial charge in [0.2, 0.25) is 5.91 Å². The van der Waals surface area contributed by atoms with E-state index in [0.717, 1.165) is 25.7 Å². The van der Waals surface area contributed by atoms with Gasteiger partial charge in [-0.2, -0.15) is 0 Å². The summed E-state index contributed by atoms with van der Waals surface area (Å²) in [6.45, 7) is 1.79. The molecule has 128 valence electrons. The van der Waals surface area contributed by atoms with Crippen molar-refractivity contribution in [2.75, 3.05) is 31.2 Å². The molecule has 0 unspecified atom stereocenters. The van der Waals surface area contributed by atoms with E-state index in [-0.39, 0.29) is 23.8 Å². The van der Waals surface area contributed by atoms with Crippen LogP contribution in [0.3, 0.4) is 0 Å². The normalized spacial score (nSPS) is 25.7. The van der Waals surface area contributed by atoms with Gasteiger partial charge in [0.15, 0.2) is 9.84 Å². The monoisotopic (exact) mass is 341 g/mol. The number of nitrogens with zero attached hydrogens (tertiary/aromatic N) is 3. The van der Waals surface area contributed by atoms with E-state index in [1.165, 1.54) is 0 Å². The van der Waals surface area contributed by atoms with E-state index in [1.807, 2.05) is 10.8 Å². The summed E-state index contributed by atoms with van der Waals surface area (Å²) in [5.41, 5.74) is 0. The lowest BCUT2D eigenvalue weighted by Gasteiger charge is -2.33. The fraction of sp³-hybridized carbons (Fsp3) is 0.733. The standard InChI is InChI=1S/C15H23N3O4S/c19-15(11-23(20,21)10-14-4-2-8-22-14)17-6-1-3-13(9-17)18-7-5-16-12-18/h5,7,12-14H,1-4,6,8-11H2/t13-,14+/m1/s1. The number of carbonyl (C=O) groups excluding carboxylic acids is 1. The molecule has 8 heteroatoms. The van der Waals surface area contributed by atoms with Crippen LogP contribution in [-0.2, 0) is 19.4 Å². The van der Waals surface area contributed by atoms with Crippen molar-refractivity contribution >= 4 is 15.7 Å². The molecule has 2 atom stereocenters. The molecule has 2 aliphatic rings. The zero-order valence-electron chi connectivity index (χ0n) is 13.1. The second-order valence-corrected chi connectivity index (χ2v) is 8.44. The summed E-state index contributed by atoms with van der Waals surface area (Å²) >= 11 is 0. The van der Waals surface area contributed by atoms with Crippen LogP contribution >= 0.6 is 0 Å². The van der Waals surface area contributed by atoms with Crippen LogP contribution in [-0.4, -0.2) is 66.1 Å².